The van der Waals surface area contributed by atoms with Crippen LogP contribution in [0.5, 0.6) is 0 Å². The normalized spacial score (nSPS) is 44.1. The molecular weight excluding hydrogens is 428 g/mol. The molecule has 4 rings (SSSR count). The third kappa shape index (κ3) is 3.57. The van der Waals surface area contributed by atoms with Crippen LogP contribution in [0.1, 0.15) is 66.2 Å². The van der Waals surface area contributed by atoms with Crippen LogP contribution in [0.3, 0.4) is 0 Å². The molecule has 182 valence electrons. The lowest BCUT2D eigenvalue weighted by Crippen LogP contribution is -2.62. The van der Waals surface area contributed by atoms with E-state index in [1.54, 1.807) is 6.08 Å². The molecule has 4 aliphatic rings. The van der Waals surface area contributed by atoms with Crippen LogP contribution in [0.15, 0.2) is 11.6 Å². The van der Waals surface area contributed by atoms with E-state index in [1.807, 2.05) is 13.8 Å². The molecule has 0 heterocycles. The molecule has 0 bridgehead atoms. The van der Waals surface area contributed by atoms with Gasteiger partial charge in [-0.05, 0) is 61.3 Å². The second-order valence-corrected chi connectivity index (χ2v) is 10.9. The first kappa shape index (κ1) is 24.1. The highest BCUT2D eigenvalue weighted by molar-refractivity contribution is 5.96. The van der Waals surface area contributed by atoms with Gasteiger partial charge in [-0.25, -0.2) is 0 Å². The largest absolute Gasteiger partial charge is 0.458 e. The van der Waals surface area contributed by atoms with Crippen molar-refractivity contribution in [2.24, 2.45) is 28.6 Å². The van der Waals surface area contributed by atoms with Crippen molar-refractivity contribution < 1.29 is 38.9 Å². The molecule has 0 saturated heterocycles. The van der Waals surface area contributed by atoms with Crippen LogP contribution in [0.25, 0.3) is 0 Å². The van der Waals surface area contributed by atoms with E-state index in [9.17, 15) is 29.4 Å². The fraction of sp³-hybridized carbons (Fsp3) is 0.760. The zero-order chi connectivity index (χ0) is 24.3. The van der Waals surface area contributed by atoms with E-state index in [4.69, 9.17) is 9.47 Å². The van der Waals surface area contributed by atoms with Gasteiger partial charge in [0.05, 0.1) is 6.10 Å². The third-order valence-electron chi connectivity index (χ3n) is 9.24. The van der Waals surface area contributed by atoms with Gasteiger partial charge in [-0.15, -0.1) is 0 Å². The number of hydrogen-bond acceptors (Lipinski definition) is 8. The van der Waals surface area contributed by atoms with Crippen molar-refractivity contribution in [3.8, 4) is 0 Å². The third-order valence-corrected chi connectivity index (χ3v) is 9.24. The Morgan fingerprint density at radius 3 is 2.45 bits per heavy atom. The summed E-state index contributed by atoms with van der Waals surface area (Å²) in [7, 11) is 0. The monoisotopic (exact) mass is 462 g/mol. The fourth-order valence-electron chi connectivity index (χ4n) is 7.78. The smallest absolute Gasteiger partial charge is 0.303 e. The molecule has 3 fully saturated rings. The summed E-state index contributed by atoms with van der Waals surface area (Å²) in [5.41, 5.74) is -2.04. The lowest BCUT2D eigenvalue weighted by Gasteiger charge is -2.60. The van der Waals surface area contributed by atoms with Gasteiger partial charge in [0.2, 0.25) is 5.78 Å². The Morgan fingerprint density at radius 2 is 1.82 bits per heavy atom. The van der Waals surface area contributed by atoms with Gasteiger partial charge < -0.3 is 19.7 Å². The number of hydrogen-bond donors (Lipinski definition) is 2. The summed E-state index contributed by atoms with van der Waals surface area (Å²) in [6, 6.07) is 0. The fourth-order valence-corrected chi connectivity index (χ4v) is 7.78. The van der Waals surface area contributed by atoms with Gasteiger partial charge in [0.1, 0.15) is 5.60 Å². The number of fused-ring (bicyclic) bond motifs is 5. The first-order valence-corrected chi connectivity index (χ1v) is 11.8. The first-order valence-electron chi connectivity index (χ1n) is 11.8. The second kappa shape index (κ2) is 8.01. The minimum atomic E-state index is -1.67. The van der Waals surface area contributed by atoms with Crippen LogP contribution in [-0.4, -0.2) is 58.1 Å². The van der Waals surface area contributed by atoms with E-state index < -0.39 is 53.0 Å². The molecular formula is C25H34O8. The average molecular weight is 463 g/mol. The summed E-state index contributed by atoms with van der Waals surface area (Å²) in [6.07, 6.45) is 2.83. The van der Waals surface area contributed by atoms with Crippen molar-refractivity contribution in [2.75, 3.05) is 6.61 Å². The second-order valence-electron chi connectivity index (χ2n) is 10.9. The van der Waals surface area contributed by atoms with Crippen molar-refractivity contribution in [2.45, 2.75) is 84.0 Å². The Morgan fingerprint density at radius 1 is 1.12 bits per heavy atom. The molecule has 0 aromatic heterocycles. The lowest BCUT2D eigenvalue weighted by atomic mass is 9.45. The predicted octanol–water partition coefficient (Wildman–Crippen LogP) is 1.89. The maximum Gasteiger partial charge on any atom is 0.303 e. The van der Waals surface area contributed by atoms with Crippen LogP contribution in [0, 0.1) is 28.6 Å². The van der Waals surface area contributed by atoms with Crippen LogP contribution < -0.4 is 0 Å². The number of ketones is 2. The quantitative estimate of drug-likeness (QED) is 0.607. The number of ether oxygens (including phenoxy) is 2. The van der Waals surface area contributed by atoms with E-state index in [2.05, 4.69) is 0 Å². The minimum Gasteiger partial charge on any atom is -0.458 e. The molecule has 8 nitrogen and oxygen atoms in total. The summed E-state index contributed by atoms with van der Waals surface area (Å²) in [5.74, 6) is -1.95. The number of aliphatic hydroxyl groups excluding tert-OH is 1. The number of carbonyl (C=O) groups excluding carboxylic acids is 4. The SMILES string of the molecule is CC(=O)OCC(=O)C1(O)CCC2C3CCC4=CC(=O)C(OC(C)=O)CC4(C)C3C(O)CC21C. The highest BCUT2D eigenvalue weighted by Crippen LogP contribution is 2.67. The Hall–Kier alpha value is -2.06. The van der Waals surface area contributed by atoms with E-state index in [-0.39, 0.29) is 36.4 Å². The molecule has 0 aliphatic heterocycles. The number of esters is 2. The van der Waals surface area contributed by atoms with Crippen molar-refractivity contribution in [1.29, 1.82) is 0 Å². The number of aliphatic hydroxyl groups is 2. The topological polar surface area (TPSA) is 127 Å². The molecule has 2 N–H and O–H groups in total. The Kier molecular flexibility index (Phi) is 5.85. The van der Waals surface area contributed by atoms with Gasteiger partial charge in [-0.3, -0.25) is 19.2 Å². The minimum absolute atomic E-state index is 0.000330. The van der Waals surface area contributed by atoms with Gasteiger partial charge in [0.15, 0.2) is 18.5 Å². The lowest BCUT2D eigenvalue weighted by molar-refractivity contribution is -0.187. The summed E-state index contributed by atoms with van der Waals surface area (Å²) in [5, 5.41) is 23.0. The van der Waals surface area contributed by atoms with Crippen molar-refractivity contribution in [3.05, 3.63) is 11.6 Å². The zero-order valence-corrected chi connectivity index (χ0v) is 19.8. The number of Topliss-reactive ketones (excluding diaryl/α,β-unsaturated/α-hetero) is 1. The molecule has 33 heavy (non-hydrogen) atoms. The van der Waals surface area contributed by atoms with Crippen molar-refractivity contribution in [3.63, 3.8) is 0 Å². The van der Waals surface area contributed by atoms with E-state index in [1.165, 1.54) is 13.8 Å². The average Bonchev–Trinajstić information content (AvgIpc) is 2.98. The zero-order valence-electron chi connectivity index (χ0n) is 19.8. The number of allylic oxidation sites excluding steroid dienone is 1. The molecule has 0 aromatic carbocycles. The summed E-state index contributed by atoms with van der Waals surface area (Å²) in [6.45, 7) is 5.94. The number of rotatable bonds is 4. The molecule has 0 aromatic rings. The summed E-state index contributed by atoms with van der Waals surface area (Å²) >= 11 is 0. The Bertz CT molecular complexity index is 923. The maximum absolute atomic E-state index is 13.0. The summed E-state index contributed by atoms with van der Waals surface area (Å²) in [4.78, 5) is 48.3. The molecule has 8 atom stereocenters. The van der Waals surface area contributed by atoms with Gasteiger partial charge >= 0.3 is 11.9 Å². The van der Waals surface area contributed by atoms with Gasteiger partial charge in [0, 0.05) is 25.7 Å². The number of carbonyl (C=O) groups is 4. The Labute approximate surface area is 193 Å². The van der Waals surface area contributed by atoms with Crippen LogP contribution in [0.4, 0.5) is 0 Å². The van der Waals surface area contributed by atoms with Crippen molar-refractivity contribution >= 4 is 23.5 Å². The first-order chi connectivity index (χ1) is 15.3. The summed E-state index contributed by atoms with van der Waals surface area (Å²) < 4.78 is 10.2. The van der Waals surface area contributed by atoms with Gasteiger partial charge in [0.25, 0.3) is 0 Å². The molecule has 4 aliphatic carbocycles. The maximum atomic E-state index is 13.0. The molecule has 8 heteroatoms. The van der Waals surface area contributed by atoms with Gasteiger partial charge in [-0.1, -0.05) is 19.4 Å². The predicted molar refractivity (Wildman–Crippen MR) is 116 cm³/mol. The molecule has 0 amide bonds. The molecule has 0 spiro atoms. The van der Waals surface area contributed by atoms with Crippen molar-refractivity contribution in [1.82, 2.24) is 0 Å². The van der Waals surface area contributed by atoms with Crippen LogP contribution in [0.2, 0.25) is 0 Å². The van der Waals surface area contributed by atoms with Crippen LogP contribution in [-0.2, 0) is 28.7 Å². The standard InChI is InChI=1S/C25H34O8/c1-13(26)32-12-21(30)25(31)8-7-17-16-6-5-15-9-18(28)20(33-14(2)27)11-23(15,3)22(16)19(29)10-24(17,25)4/h9,16-17,19-20,22,29,31H,5-8,10-12H2,1-4H3. The highest BCUT2D eigenvalue weighted by Gasteiger charge is 2.68. The Balaban J connectivity index is 1.65. The molecule has 3 saturated carbocycles. The van der Waals surface area contributed by atoms with Gasteiger partial charge in [-0.2, -0.15) is 0 Å². The van der Waals surface area contributed by atoms with E-state index in [0.717, 1.165) is 12.0 Å². The van der Waals surface area contributed by atoms with E-state index >= 15 is 0 Å². The highest BCUT2D eigenvalue weighted by atomic mass is 16.5. The molecule has 8 unspecified atom stereocenters. The van der Waals surface area contributed by atoms with Crippen LogP contribution >= 0.6 is 0 Å². The van der Waals surface area contributed by atoms with E-state index in [0.29, 0.717) is 19.3 Å². The molecule has 0 radical (unpaired) electrons.